The predicted molar refractivity (Wildman–Crippen MR) is 115 cm³/mol. The molecular weight excluding hydrogens is 435 g/mol. The summed E-state index contributed by atoms with van der Waals surface area (Å²) >= 11 is 0. The molecule has 1 aliphatic heterocycles. The maximum atomic E-state index is 13.1. The zero-order valence-electron chi connectivity index (χ0n) is 17.5. The summed E-state index contributed by atoms with van der Waals surface area (Å²) in [6.45, 7) is 2.04. The van der Waals surface area contributed by atoms with Crippen LogP contribution >= 0.6 is 0 Å². The van der Waals surface area contributed by atoms with Gasteiger partial charge in [0.2, 0.25) is 27.7 Å². The van der Waals surface area contributed by atoms with Crippen LogP contribution in [0.25, 0.3) is 0 Å². The van der Waals surface area contributed by atoms with Gasteiger partial charge >= 0.3 is 0 Å². The Labute approximate surface area is 185 Å². The van der Waals surface area contributed by atoms with E-state index in [-0.39, 0.29) is 29.1 Å². The van der Waals surface area contributed by atoms with Crippen LogP contribution in [0, 0.1) is 5.82 Å². The molecule has 10 heteroatoms. The first-order valence-electron chi connectivity index (χ1n) is 10.3. The zero-order chi connectivity index (χ0) is 22.7. The van der Waals surface area contributed by atoms with Crippen LogP contribution in [0.4, 0.5) is 10.1 Å². The van der Waals surface area contributed by atoms with Crippen molar-refractivity contribution in [3.63, 3.8) is 0 Å². The highest BCUT2D eigenvalue weighted by Gasteiger charge is 2.33. The van der Waals surface area contributed by atoms with E-state index in [9.17, 15) is 17.6 Å². The molecule has 2 heterocycles. The molecule has 3 aromatic rings. The molecule has 1 aliphatic rings. The molecule has 2 aromatic carbocycles. The van der Waals surface area contributed by atoms with Crippen LogP contribution in [-0.2, 0) is 21.2 Å². The zero-order valence-corrected chi connectivity index (χ0v) is 18.3. The molecule has 1 unspecified atom stereocenters. The summed E-state index contributed by atoms with van der Waals surface area (Å²) < 4.78 is 46.5. The molecule has 1 saturated heterocycles. The monoisotopic (exact) mass is 458 g/mol. The van der Waals surface area contributed by atoms with Crippen LogP contribution < -0.4 is 5.32 Å². The highest BCUT2D eigenvalue weighted by atomic mass is 32.2. The maximum Gasteiger partial charge on any atom is 0.243 e. The number of piperidine rings is 1. The Bertz CT molecular complexity index is 1190. The number of benzene rings is 2. The third kappa shape index (κ3) is 5.03. The summed E-state index contributed by atoms with van der Waals surface area (Å²) in [5.74, 6) is 0.0703. The lowest BCUT2D eigenvalue weighted by atomic mass is 10.00. The van der Waals surface area contributed by atoms with Gasteiger partial charge in [0.15, 0.2) is 0 Å². The van der Waals surface area contributed by atoms with E-state index < -0.39 is 10.0 Å². The normalized spacial score (nSPS) is 17.2. The average molecular weight is 459 g/mol. The van der Waals surface area contributed by atoms with Crippen LogP contribution in [0.2, 0.25) is 0 Å². The number of nitrogens with zero attached hydrogens (tertiary/aromatic N) is 3. The van der Waals surface area contributed by atoms with E-state index in [2.05, 4.69) is 15.5 Å². The number of rotatable bonds is 6. The number of carbonyl (C=O) groups is 1. The molecule has 32 heavy (non-hydrogen) atoms. The minimum absolute atomic E-state index is 0.162. The Morgan fingerprint density at radius 3 is 2.56 bits per heavy atom. The molecule has 168 valence electrons. The van der Waals surface area contributed by atoms with Crippen molar-refractivity contribution in [2.24, 2.45) is 0 Å². The van der Waals surface area contributed by atoms with E-state index in [0.717, 1.165) is 12.0 Å². The molecule has 0 spiro atoms. The molecule has 4 rings (SSSR count). The fraction of sp³-hybridized carbons (Fsp3) is 0.318. The van der Waals surface area contributed by atoms with E-state index in [4.69, 9.17) is 4.42 Å². The summed E-state index contributed by atoms with van der Waals surface area (Å²) in [5, 5.41) is 10.8. The van der Waals surface area contributed by atoms with Crippen molar-refractivity contribution in [3.8, 4) is 0 Å². The van der Waals surface area contributed by atoms with Gasteiger partial charge in [0.1, 0.15) is 5.82 Å². The van der Waals surface area contributed by atoms with Crippen LogP contribution in [0.3, 0.4) is 0 Å². The first kappa shape index (κ1) is 22.1. The lowest BCUT2D eigenvalue weighted by molar-refractivity contribution is -0.114. The highest BCUT2D eigenvalue weighted by molar-refractivity contribution is 7.89. The maximum absolute atomic E-state index is 13.1. The van der Waals surface area contributed by atoms with Crippen molar-refractivity contribution in [2.75, 3.05) is 18.4 Å². The molecule has 0 bridgehead atoms. The molecule has 1 atom stereocenters. The molecule has 0 saturated carbocycles. The molecular formula is C22H23FN4O4S. The summed E-state index contributed by atoms with van der Waals surface area (Å²) in [7, 11) is -3.70. The standard InChI is InChI=1S/C22H23FN4O4S/c1-15(28)24-19-8-10-20(11-9-19)32(29,30)27-12-2-3-17(14-27)22-26-25-21(31-22)13-16-4-6-18(23)7-5-16/h4-11,17H,2-3,12-14H2,1H3,(H,24,28). The Hall–Kier alpha value is -3.11. The summed E-state index contributed by atoms with van der Waals surface area (Å²) in [6.07, 6.45) is 1.79. The van der Waals surface area contributed by atoms with E-state index >= 15 is 0 Å². The third-order valence-corrected chi connectivity index (χ3v) is 7.18. The SMILES string of the molecule is CC(=O)Nc1ccc(S(=O)(=O)N2CCCC(c3nnc(Cc4ccc(F)cc4)o3)C2)cc1. The predicted octanol–water partition coefficient (Wildman–Crippen LogP) is 3.33. The Balaban J connectivity index is 1.45. The number of anilines is 1. The number of sulfonamides is 1. The molecule has 1 fully saturated rings. The fourth-order valence-electron chi connectivity index (χ4n) is 3.70. The lowest BCUT2D eigenvalue weighted by Gasteiger charge is -2.30. The van der Waals surface area contributed by atoms with Gasteiger partial charge in [0.25, 0.3) is 0 Å². The molecule has 0 aliphatic carbocycles. The van der Waals surface area contributed by atoms with Crippen molar-refractivity contribution in [2.45, 2.75) is 37.0 Å². The van der Waals surface area contributed by atoms with Gasteiger partial charge in [-0.15, -0.1) is 10.2 Å². The molecule has 1 amide bonds. The van der Waals surface area contributed by atoms with E-state index in [1.165, 1.54) is 35.5 Å². The first-order chi connectivity index (χ1) is 15.3. The van der Waals surface area contributed by atoms with Gasteiger partial charge in [0, 0.05) is 25.7 Å². The van der Waals surface area contributed by atoms with E-state index in [1.54, 1.807) is 24.3 Å². The van der Waals surface area contributed by atoms with Crippen LogP contribution in [0.5, 0.6) is 0 Å². The second-order valence-corrected chi connectivity index (χ2v) is 9.68. The second-order valence-electron chi connectivity index (χ2n) is 7.75. The van der Waals surface area contributed by atoms with E-state index in [1.807, 2.05) is 0 Å². The molecule has 8 nitrogen and oxygen atoms in total. The van der Waals surface area contributed by atoms with Crippen molar-refractivity contribution in [1.82, 2.24) is 14.5 Å². The van der Waals surface area contributed by atoms with Gasteiger partial charge in [-0.05, 0) is 54.8 Å². The summed E-state index contributed by atoms with van der Waals surface area (Å²) in [4.78, 5) is 11.3. The van der Waals surface area contributed by atoms with Gasteiger partial charge < -0.3 is 9.73 Å². The quantitative estimate of drug-likeness (QED) is 0.608. The highest BCUT2D eigenvalue weighted by Crippen LogP contribution is 2.30. The van der Waals surface area contributed by atoms with Gasteiger partial charge in [0.05, 0.1) is 17.2 Å². The fourth-order valence-corrected chi connectivity index (χ4v) is 5.23. The van der Waals surface area contributed by atoms with Crippen LogP contribution in [-0.4, -0.2) is 41.9 Å². The number of nitrogens with one attached hydrogen (secondary N) is 1. The second kappa shape index (κ2) is 9.17. The number of amides is 1. The van der Waals surface area contributed by atoms with Gasteiger partial charge in [-0.1, -0.05) is 12.1 Å². The van der Waals surface area contributed by atoms with Gasteiger partial charge in [-0.25, -0.2) is 12.8 Å². The Morgan fingerprint density at radius 1 is 1.16 bits per heavy atom. The molecule has 0 radical (unpaired) electrons. The average Bonchev–Trinajstić information content (AvgIpc) is 3.24. The number of hydrogen-bond acceptors (Lipinski definition) is 6. The van der Waals surface area contributed by atoms with Crippen molar-refractivity contribution >= 4 is 21.6 Å². The minimum atomic E-state index is -3.70. The minimum Gasteiger partial charge on any atom is -0.425 e. The Morgan fingerprint density at radius 2 is 1.88 bits per heavy atom. The number of carbonyl (C=O) groups excluding carboxylic acids is 1. The smallest absolute Gasteiger partial charge is 0.243 e. The third-order valence-electron chi connectivity index (χ3n) is 5.30. The Kier molecular flexibility index (Phi) is 6.33. The first-order valence-corrected chi connectivity index (χ1v) is 11.7. The number of halogens is 1. The van der Waals surface area contributed by atoms with Crippen molar-refractivity contribution < 1.29 is 22.0 Å². The van der Waals surface area contributed by atoms with Crippen LogP contribution in [0.15, 0.2) is 57.8 Å². The largest absolute Gasteiger partial charge is 0.425 e. The van der Waals surface area contributed by atoms with Gasteiger partial charge in [-0.3, -0.25) is 4.79 Å². The van der Waals surface area contributed by atoms with Crippen molar-refractivity contribution in [1.29, 1.82) is 0 Å². The summed E-state index contributed by atoms with van der Waals surface area (Å²) in [6, 6.07) is 12.2. The number of aromatic nitrogens is 2. The van der Waals surface area contributed by atoms with Crippen molar-refractivity contribution in [3.05, 3.63) is 71.7 Å². The van der Waals surface area contributed by atoms with E-state index in [0.29, 0.717) is 36.9 Å². The number of hydrogen-bond donors (Lipinski definition) is 1. The van der Waals surface area contributed by atoms with Crippen LogP contribution in [0.1, 0.15) is 43.0 Å². The lowest BCUT2D eigenvalue weighted by Crippen LogP contribution is -2.39. The topological polar surface area (TPSA) is 105 Å². The molecule has 1 aromatic heterocycles. The molecule has 1 N–H and O–H groups in total. The summed E-state index contributed by atoms with van der Waals surface area (Å²) in [5.41, 5.74) is 1.38. The van der Waals surface area contributed by atoms with Gasteiger partial charge in [-0.2, -0.15) is 4.31 Å².